The molecule has 148 valence electrons. The van der Waals surface area contributed by atoms with Crippen LogP contribution in [0.1, 0.15) is 16.5 Å². The molecule has 1 aliphatic heterocycles. The smallest absolute Gasteiger partial charge is 0.238 e. The van der Waals surface area contributed by atoms with Gasteiger partial charge in [0.05, 0.1) is 10.8 Å². The first-order valence-corrected chi connectivity index (χ1v) is 10.7. The summed E-state index contributed by atoms with van der Waals surface area (Å²) in [6.45, 7) is 0.0826. The highest BCUT2D eigenvalue weighted by Gasteiger charge is 2.34. The quantitative estimate of drug-likeness (QED) is 0.447. The van der Waals surface area contributed by atoms with Crippen molar-refractivity contribution < 1.29 is 13.9 Å². The lowest BCUT2D eigenvalue weighted by Gasteiger charge is -2.25. The number of benzene rings is 3. The normalized spacial score (nSPS) is 16.3. The summed E-state index contributed by atoms with van der Waals surface area (Å²) in [6.07, 6.45) is 0. The van der Waals surface area contributed by atoms with E-state index in [0.29, 0.717) is 27.1 Å². The Morgan fingerprint density at radius 3 is 2.55 bits per heavy atom. The zero-order chi connectivity index (χ0) is 20.4. The first kappa shape index (κ1) is 20.1. The lowest BCUT2D eigenvalue weighted by molar-refractivity contribution is -0.115. The van der Waals surface area contributed by atoms with Gasteiger partial charge in [0.25, 0.3) is 0 Å². The Bertz CT molecular complexity index is 1050. The number of amides is 1. The minimum atomic E-state index is -0.320. The molecule has 0 aromatic heterocycles. The van der Waals surface area contributed by atoms with Crippen molar-refractivity contribution in [2.75, 3.05) is 10.7 Å². The van der Waals surface area contributed by atoms with Gasteiger partial charge < -0.3 is 4.74 Å². The van der Waals surface area contributed by atoms with Crippen LogP contribution in [-0.4, -0.2) is 11.7 Å². The first-order chi connectivity index (χ1) is 14.0. The molecule has 0 radical (unpaired) electrons. The average Bonchev–Trinajstić information content (AvgIpc) is 3.10. The van der Waals surface area contributed by atoms with Crippen LogP contribution in [0.15, 0.2) is 66.7 Å². The van der Waals surface area contributed by atoms with E-state index < -0.39 is 0 Å². The van der Waals surface area contributed by atoms with Crippen molar-refractivity contribution in [2.45, 2.75) is 12.0 Å². The minimum absolute atomic E-state index is 0.0262. The van der Waals surface area contributed by atoms with Gasteiger partial charge in [-0.15, -0.1) is 11.8 Å². The summed E-state index contributed by atoms with van der Waals surface area (Å²) < 4.78 is 19.5. The van der Waals surface area contributed by atoms with Crippen LogP contribution >= 0.6 is 35.0 Å². The Labute approximate surface area is 182 Å². The summed E-state index contributed by atoms with van der Waals surface area (Å²) in [5, 5.41) is 0.834. The third-order valence-corrected chi connectivity index (χ3v) is 6.31. The Morgan fingerprint density at radius 2 is 1.83 bits per heavy atom. The first-order valence-electron chi connectivity index (χ1n) is 8.88. The third-order valence-electron chi connectivity index (χ3n) is 4.55. The summed E-state index contributed by atoms with van der Waals surface area (Å²) in [5.41, 5.74) is 2.13. The molecule has 0 bridgehead atoms. The van der Waals surface area contributed by atoms with Gasteiger partial charge in [-0.2, -0.15) is 0 Å². The van der Waals surface area contributed by atoms with E-state index in [2.05, 4.69) is 0 Å². The second kappa shape index (κ2) is 8.66. The number of thioether (sulfide) groups is 1. The van der Waals surface area contributed by atoms with Crippen LogP contribution in [0, 0.1) is 5.82 Å². The Morgan fingerprint density at radius 1 is 1.07 bits per heavy atom. The van der Waals surface area contributed by atoms with Crippen molar-refractivity contribution in [3.05, 3.63) is 93.7 Å². The van der Waals surface area contributed by atoms with Crippen LogP contribution in [0.2, 0.25) is 10.0 Å². The van der Waals surface area contributed by atoms with E-state index in [1.807, 2.05) is 18.2 Å². The van der Waals surface area contributed by atoms with Crippen LogP contribution in [0.5, 0.6) is 5.75 Å². The fraction of sp³-hybridized carbons (Fsp3) is 0.136. The molecule has 1 fully saturated rings. The molecule has 7 heteroatoms. The van der Waals surface area contributed by atoms with Crippen molar-refractivity contribution in [3.8, 4) is 5.75 Å². The second-order valence-electron chi connectivity index (χ2n) is 6.47. The summed E-state index contributed by atoms with van der Waals surface area (Å²) in [4.78, 5) is 14.2. The van der Waals surface area contributed by atoms with Gasteiger partial charge in [-0.1, -0.05) is 47.5 Å². The van der Waals surface area contributed by atoms with Crippen molar-refractivity contribution in [2.24, 2.45) is 0 Å². The number of hydrogen-bond donors (Lipinski definition) is 0. The summed E-state index contributed by atoms with van der Waals surface area (Å²) in [5.74, 6) is 0.556. The van der Waals surface area contributed by atoms with E-state index in [-0.39, 0.29) is 23.7 Å². The van der Waals surface area contributed by atoms with Crippen molar-refractivity contribution in [1.29, 1.82) is 0 Å². The van der Waals surface area contributed by atoms with Crippen molar-refractivity contribution >= 4 is 46.6 Å². The van der Waals surface area contributed by atoms with E-state index in [1.165, 1.54) is 17.8 Å². The Balaban J connectivity index is 1.54. The zero-order valence-electron chi connectivity index (χ0n) is 15.1. The van der Waals surface area contributed by atoms with E-state index in [0.717, 1.165) is 11.3 Å². The molecule has 0 unspecified atom stereocenters. The highest BCUT2D eigenvalue weighted by Crippen LogP contribution is 2.43. The molecule has 0 saturated carbocycles. The molecule has 0 aliphatic carbocycles. The van der Waals surface area contributed by atoms with Crippen LogP contribution in [0.3, 0.4) is 0 Å². The Kier molecular flexibility index (Phi) is 5.99. The molecule has 0 spiro atoms. The van der Waals surface area contributed by atoms with Crippen LogP contribution < -0.4 is 9.64 Å². The molecule has 1 saturated heterocycles. The summed E-state index contributed by atoms with van der Waals surface area (Å²) in [6, 6.07) is 19.0. The largest absolute Gasteiger partial charge is 0.487 e. The predicted octanol–water partition coefficient (Wildman–Crippen LogP) is 6.49. The monoisotopic (exact) mass is 447 g/mol. The average molecular weight is 448 g/mol. The molecular weight excluding hydrogens is 432 g/mol. The van der Waals surface area contributed by atoms with Gasteiger partial charge in [0, 0.05) is 16.3 Å². The van der Waals surface area contributed by atoms with Crippen LogP contribution in [-0.2, 0) is 11.4 Å². The summed E-state index contributed by atoms with van der Waals surface area (Å²) in [7, 11) is 0. The fourth-order valence-corrected chi connectivity index (χ4v) is 4.65. The SMILES string of the molecule is O=C1CS[C@H](c2ccc(OCc3ccccc3F)c(Cl)c2)N1c1ccc(Cl)cc1. The van der Waals surface area contributed by atoms with Gasteiger partial charge in [0.1, 0.15) is 23.5 Å². The van der Waals surface area contributed by atoms with Crippen LogP contribution in [0.25, 0.3) is 0 Å². The molecule has 1 amide bonds. The Hall–Kier alpha value is -2.21. The number of hydrogen-bond acceptors (Lipinski definition) is 3. The highest BCUT2D eigenvalue weighted by atomic mass is 35.5. The molecule has 3 nitrogen and oxygen atoms in total. The van der Waals surface area contributed by atoms with Gasteiger partial charge in [-0.3, -0.25) is 9.69 Å². The lowest BCUT2D eigenvalue weighted by atomic mass is 10.1. The number of rotatable bonds is 5. The molecule has 29 heavy (non-hydrogen) atoms. The van der Waals surface area contributed by atoms with Gasteiger partial charge in [0.15, 0.2) is 0 Å². The summed E-state index contributed by atoms with van der Waals surface area (Å²) >= 11 is 13.9. The van der Waals surface area contributed by atoms with E-state index in [9.17, 15) is 9.18 Å². The maximum Gasteiger partial charge on any atom is 0.238 e. The highest BCUT2D eigenvalue weighted by molar-refractivity contribution is 8.00. The number of carbonyl (C=O) groups excluding carboxylic acids is 1. The maximum atomic E-state index is 13.8. The fourth-order valence-electron chi connectivity index (χ4n) is 3.11. The molecule has 1 aliphatic rings. The van der Waals surface area contributed by atoms with E-state index in [4.69, 9.17) is 27.9 Å². The zero-order valence-corrected chi connectivity index (χ0v) is 17.5. The number of nitrogens with zero attached hydrogens (tertiary/aromatic N) is 1. The lowest BCUT2D eigenvalue weighted by Crippen LogP contribution is -2.27. The van der Waals surface area contributed by atoms with Gasteiger partial charge in [-0.25, -0.2) is 4.39 Å². The molecule has 3 aromatic carbocycles. The number of ether oxygens (including phenoxy) is 1. The predicted molar refractivity (Wildman–Crippen MR) is 116 cm³/mol. The molecule has 0 N–H and O–H groups in total. The number of anilines is 1. The van der Waals surface area contributed by atoms with E-state index in [1.54, 1.807) is 47.4 Å². The number of carbonyl (C=O) groups is 1. The van der Waals surface area contributed by atoms with Gasteiger partial charge >= 0.3 is 0 Å². The second-order valence-corrected chi connectivity index (χ2v) is 8.39. The van der Waals surface area contributed by atoms with Gasteiger partial charge in [-0.05, 0) is 48.0 Å². The topological polar surface area (TPSA) is 29.5 Å². The minimum Gasteiger partial charge on any atom is -0.487 e. The van der Waals surface area contributed by atoms with Crippen molar-refractivity contribution in [3.63, 3.8) is 0 Å². The standard InChI is InChI=1S/C22H16Cl2FNO2S/c23-16-6-8-17(9-7-16)26-21(27)13-29-22(26)14-5-10-20(18(24)11-14)28-12-15-3-1-2-4-19(15)25/h1-11,22H,12-13H2/t22-/m1/s1. The molecule has 1 heterocycles. The van der Waals surface area contributed by atoms with Gasteiger partial charge in [0.2, 0.25) is 5.91 Å². The molecule has 3 aromatic rings. The van der Waals surface area contributed by atoms with Crippen LogP contribution in [0.4, 0.5) is 10.1 Å². The number of halogens is 3. The third kappa shape index (κ3) is 4.37. The maximum absolute atomic E-state index is 13.8. The molecular formula is C22H16Cl2FNO2S. The van der Waals surface area contributed by atoms with Crippen molar-refractivity contribution in [1.82, 2.24) is 0 Å². The molecule has 1 atom stereocenters. The van der Waals surface area contributed by atoms with E-state index >= 15 is 0 Å². The molecule has 4 rings (SSSR count).